The van der Waals surface area contributed by atoms with Crippen LogP contribution in [0.1, 0.15) is 36.0 Å². The largest absolute Gasteiger partial charge is 0.378 e. The van der Waals surface area contributed by atoms with Crippen molar-refractivity contribution in [1.29, 1.82) is 0 Å². The predicted octanol–water partition coefficient (Wildman–Crippen LogP) is 5.32. The number of amides is 2. The van der Waals surface area contributed by atoms with Gasteiger partial charge in [-0.2, -0.15) is 0 Å². The highest BCUT2D eigenvalue weighted by atomic mass is 32.1. The van der Waals surface area contributed by atoms with Crippen LogP contribution in [0.3, 0.4) is 0 Å². The molecule has 3 aromatic carbocycles. The van der Waals surface area contributed by atoms with Crippen LogP contribution in [0.15, 0.2) is 90.3 Å². The van der Waals surface area contributed by atoms with Gasteiger partial charge in [0.05, 0.1) is 18.1 Å². The number of rotatable bonds is 7. The van der Waals surface area contributed by atoms with Crippen LogP contribution in [-0.2, 0) is 4.74 Å². The van der Waals surface area contributed by atoms with Crippen LogP contribution >= 0.6 is 11.3 Å². The van der Waals surface area contributed by atoms with Gasteiger partial charge in [-0.05, 0) is 84.2 Å². The number of ether oxygens (including phenoxy) is 1. The second-order valence-corrected chi connectivity index (χ2v) is 9.46. The molecule has 0 atom stereocenters. The van der Waals surface area contributed by atoms with E-state index < -0.39 is 0 Å². The maximum absolute atomic E-state index is 12.9. The lowest BCUT2D eigenvalue weighted by atomic mass is 10.0. The smallest absolute Gasteiger partial charge is 0.265 e. The maximum Gasteiger partial charge on any atom is 0.265 e. The van der Waals surface area contributed by atoms with E-state index in [1.807, 2.05) is 35.7 Å². The van der Waals surface area contributed by atoms with E-state index >= 15 is 0 Å². The van der Waals surface area contributed by atoms with E-state index in [1.54, 1.807) is 54.6 Å². The summed E-state index contributed by atoms with van der Waals surface area (Å²) < 4.78 is 5.39. The van der Waals surface area contributed by atoms with Crippen molar-refractivity contribution in [3.05, 3.63) is 112 Å². The number of hydrogen-bond donors (Lipinski definition) is 2. The van der Waals surface area contributed by atoms with E-state index in [2.05, 4.69) is 15.5 Å². The van der Waals surface area contributed by atoms with Crippen LogP contribution in [-0.4, -0.2) is 43.9 Å². The van der Waals surface area contributed by atoms with Crippen molar-refractivity contribution < 1.29 is 19.1 Å². The van der Waals surface area contributed by atoms with Gasteiger partial charge < -0.3 is 20.3 Å². The van der Waals surface area contributed by atoms with E-state index in [-0.39, 0.29) is 17.6 Å². The van der Waals surface area contributed by atoms with Gasteiger partial charge in [0.2, 0.25) is 0 Å². The minimum Gasteiger partial charge on any atom is -0.378 e. The van der Waals surface area contributed by atoms with Gasteiger partial charge in [-0.15, -0.1) is 11.3 Å². The molecule has 186 valence electrons. The summed E-state index contributed by atoms with van der Waals surface area (Å²) in [6, 6.07) is 24.7. The van der Waals surface area contributed by atoms with Gasteiger partial charge in [-0.25, -0.2) is 0 Å². The Labute approximate surface area is 218 Å². The lowest BCUT2D eigenvalue weighted by Crippen LogP contribution is -2.36. The zero-order chi connectivity index (χ0) is 25.6. The third-order valence-electron chi connectivity index (χ3n) is 6.06. The average molecular weight is 512 g/mol. The summed E-state index contributed by atoms with van der Waals surface area (Å²) >= 11 is 1.37. The van der Waals surface area contributed by atoms with Crippen LogP contribution in [0, 0.1) is 0 Å². The maximum atomic E-state index is 12.9. The molecule has 0 unspecified atom stereocenters. The second-order valence-electron chi connectivity index (χ2n) is 8.52. The number of benzene rings is 3. The Morgan fingerprint density at radius 3 is 1.76 bits per heavy atom. The van der Waals surface area contributed by atoms with Crippen molar-refractivity contribution in [1.82, 2.24) is 0 Å². The van der Waals surface area contributed by atoms with Crippen molar-refractivity contribution in [2.75, 3.05) is 41.8 Å². The molecule has 7 nitrogen and oxygen atoms in total. The highest BCUT2D eigenvalue weighted by Gasteiger charge is 2.14. The molecule has 4 aromatic rings. The molecular weight excluding hydrogens is 486 g/mol. The summed E-state index contributed by atoms with van der Waals surface area (Å²) in [5.74, 6) is -0.541. The van der Waals surface area contributed by atoms with E-state index in [1.165, 1.54) is 11.3 Å². The van der Waals surface area contributed by atoms with Crippen molar-refractivity contribution in [2.45, 2.75) is 0 Å². The molecule has 1 aromatic heterocycles. The van der Waals surface area contributed by atoms with Crippen molar-refractivity contribution >= 4 is 46.0 Å². The first kappa shape index (κ1) is 24.4. The summed E-state index contributed by atoms with van der Waals surface area (Å²) in [7, 11) is 0. The number of anilines is 3. The molecule has 1 aliphatic rings. The van der Waals surface area contributed by atoms with E-state index in [9.17, 15) is 14.4 Å². The first-order valence-corrected chi connectivity index (χ1v) is 12.8. The van der Waals surface area contributed by atoms with E-state index in [0.29, 0.717) is 46.2 Å². The molecule has 1 fully saturated rings. The Bertz CT molecular complexity index is 1380. The number of ketones is 1. The molecule has 0 saturated carbocycles. The number of morpholine rings is 1. The summed E-state index contributed by atoms with van der Waals surface area (Å²) in [5.41, 5.74) is 3.86. The molecule has 0 bridgehead atoms. The van der Waals surface area contributed by atoms with E-state index in [0.717, 1.165) is 18.8 Å². The highest BCUT2D eigenvalue weighted by molar-refractivity contribution is 7.12. The van der Waals surface area contributed by atoms with Crippen LogP contribution < -0.4 is 15.5 Å². The monoisotopic (exact) mass is 511 g/mol. The molecule has 0 aliphatic carbocycles. The molecule has 1 saturated heterocycles. The topological polar surface area (TPSA) is 87.7 Å². The lowest BCUT2D eigenvalue weighted by molar-refractivity contribution is 0.102. The normalized spacial score (nSPS) is 13.1. The highest BCUT2D eigenvalue weighted by Crippen LogP contribution is 2.20. The zero-order valence-corrected chi connectivity index (χ0v) is 20.8. The Balaban J connectivity index is 1.18. The van der Waals surface area contributed by atoms with Gasteiger partial charge in [-0.3, -0.25) is 14.4 Å². The molecule has 0 spiro atoms. The Hall–Kier alpha value is -4.27. The summed E-state index contributed by atoms with van der Waals surface area (Å²) in [4.78, 5) is 40.6. The molecular formula is C29H25N3O4S. The fourth-order valence-electron chi connectivity index (χ4n) is 4.03. The van der Waals surface area contributed by atoms with Crippen LogP contribution in [0.2, 0.25) is 0 Å². The second kappa shape index (κ2) is 11.2. The zero-order valence-electron chi connectivity index (χ0n) is 20.0. The Kier molecular flexibility index (Phi) is 7.39. The quantitative estimate of drug-likeness (QED) is 0.328. The molecule has 5 rings (SSSR count). The van der Waals surface area contributed by atoms with Gasteiger partial charge >= 0.3 is 0 Å². The number of carbonyl (C=O) groups excluding carboxylic acids is 3. The molecule has 0 radical (unpaired) electrons. The minimum absolute atomic E-state index is 0.146. The fourth-order valence-corrected chi connectivity index (χ4v) is 4.64. The molecule has 2 heterocycles. The summed E-state index contributed by atoms with van der Waals surface area (Å²) in [6.45, 7) is 3.10. The minimum atomic E-state index is -0.215. The van der Waals surface area contributed by atoms with Gasteiger partial charge in [-0.1, -0.05) is 6.07 Å². The molecule has 2 amide bonds. The van der Waals surface area contributed by atoms with Crippen molar-refractivity contribution in [3.8, 4) is 0 Å². The SMILES string of the molecule is O=C(Nc1ccc(C(=O)c2ccc(NC(=O)c3cccs3)cc2)cc1)c1ccc(N2CCOCC2)cc1. The molecule has 1 aliphatic heterocycles. The lowest BCUT2D eigenvalue weighted by Gasteiger charge is -2.28. The molecule has 8 heteroatoms. The van der Waals surface area contributed by atoms with Gasteiger partial charge in [0.1, 0.15) is 0 Å². The average Bonchev–Trinajstić information content (AvgIpc) is 3.50. The van der Waals surface area contributed by atoms with E-state index in [4.69, 9.17) is 4.74 Å². The van der Waals surface area contributed by atoms with Gasteiger partial charge in [0, 0.05) is 46.8 Å². The number of thiophene rings is 1. The van der Waals surface area contributed by atoms with Crippen LogP contribution in [0.4, 0.5) is 17.1 Å². The van der Waals surface area contributed by atoms with Gasteiger partial charge in [0.15, 0.2) is 5.78 Å². The Morgan fingerprint density at radius 1 is 0.676 bits per heavy atom. The van der Waals surface area contributed by atoms with Crippen molar-refractivity contribution in [2.24, 2.45) is 0 Å². The summed E-state index contributed by atoms with van der Waals surface area (Å²) in [5, 5.41) is 7.54. The standard InChI is InChI=1S/C29H25N3O4S/c33-27(21-5-11-24(12-6-21)31-29(35)26-2-1-19-37-26)20-3-9-23(10-4-20)30-28(34)22-7-13-25(14-8-22)32-15-17-36-18-16-32/h1-14,19H,15-18H2,(H,30,34)(H,31,35). The number of nitrogens with one attached hydrogen (secondary N) is 2. The van der Waals surface area contributed by atoms with Gasteiger partial charge in [0.25, 0.3) is 11.8 Å². The first-order chi connectivity index (χ1) is 18.1. The summed E-state index contributed by atoms with van der Waals surface area (Å²) in [6.07, 6.45) is 0. The fraction of sp³-hybridized carbons (Fsp3) is 0.138. The number of hydrogen-bond acceptors (Lipinski definition) is 6. The predicted molar refractivity (Wildman–Crippen MR) is 146 cm³/mol. The molecule has 2 N–H and O–H groups in total. The number of carbonyl (C=O) groups is 3. The third-order valence-corrected chi connectivity index (χ3v) is 6.93. The molecule has 37 heavy (non-hydrogen) atoms. The van der Waals surface area contributed by atoms with Crippen molar-refractivity contribution in [3.63, 3.8) is 0 Å². The Morgan fingerprint density at radius 2 is 1.22 bits per heavy atom. The van der Waals surface area contributed by atoms with Crippen LogP contribution in [0.5, 0.6) is 0 Å². The third kappa shape index (κ3) is 5.94. The first-order valence-electron chi connectivity index (χ1n) is 11.9. The number of nitrogens with zero attached hydrogens (tertiary/aromatic N) is 1. The van der Waals surface area contributed by atoms with Crippen LogP contribution in [0.25, 0.3) is 0 Å².